The van der Waals surface area contributed by atoms with Crippen molar-refractivity contribution in [3.8, 4) is 23.3 Å². The maximum Gasteiger partial charge on any atom is 0.0998 e. The highest BCUT2D eigenvalue weighted by molar-refractivity contribution is 6.28. The minimum absolute atomic E-state index is 0.0890. The van der Waals surface area contributed by atoms with Crippen LogP contribution in [-0.2, 0) is 21.7 Å². The van der Waals surface area contributed by atoms with E-state index in [1.54, 1.807) is 0 Å². The van der Waals surface area contributed by atoms with Crippen molar-refractivity contribution in [1.82, 2.24) is 4.40 Å². The second-order valence-corrected chi connectivity index (χ2v) is 18.8. The largest absolute Gasteiger partial charge is 0.307 e. The summed E-state index contributed by atoms with van der Waals surface area (Å²) in [5.74, 6) is 0.666. The van der Waals surface area contributed by atoms with Gasteiger partial charge in [0, 0.05) is 21.5 Å². The van der Waals surface area contributed by atoms with Gasteiger partial charge in [0.1, 0.15) is 0 Å². The fraction of sp³-hybridized carbons (Fsp3) is 0.435. The lowest BCUT2D eigenvalue weighted by Gasteiger charge is -2.32. The molecule has 0 atom stereocenters. The number of rotatable bonds is 1. The van der Waals surface area contributed by atoms with Gasteiger partial charge in [-0.2, -0.15) is 10.5 Å². The highest BCUT2D eigenvalue weighted by atomic mass is 14.9. The van der Waals surface area contributed by atoms with E-state index >= 15 is 0 Å². The molecule has 3 nitrogen and oxygen atoms in total. The van der Waals surface area contributed by atoms with Gasteiger partial charge < -0.3 is 4.40 Å². The van der Waals surface area contributed by atoms with Crippen molar-refractivity contribution < 1.29 is 0 Å². The number of fused-ring (bicyclic) bond motifs is 8. The molecule has 3 aliphatic carbocycles. The van der Waals surface area contributed by atoms with Gasteiger partial charge >= 0.3 is 0 Å². The standard InChI is InChI=1S/C46H45N3/c1-43(2)22-45(5,6)38-34-28-18-27(24-12-10-9-11-13-24)19-29-35-39-37(44(3,4)23-46(39,7)8)31(21-48)33-26-16-14-25(15-17-26)32(30(20-47)36(38)43)41(34)49(40(28)29)42(33)35/h9-13,18-19,25-26H,14-17,22-23H2,1-8H3. The molecule has 3 heteroatoms. The van der Waals surface area contributed by atoms with Crippen LogP contribution in [0.1, 0.15) is 150 Å². The molecule has 1 saturated carbocycles. The number of hydrogen-bond acceptors (Lipinski definition) is 2. The number of aromatic nitrogens is 1. The maximum atomic E-state index is 11.3. The third-order valence-electron chi connectivity index (χ3n) is 13.7. The Bertz CT molecular complexity index is 2410. The first-order valence-electron chi connectivity index (χ1n) is 18.6. The molecule has 0 unspecified atom stereocenters. The molecule has 49 heavy (non-hydrogen) atoms. The molecule has 2 bridgehead atoms. The van der Waals surface area contributed by atoms with E-state index in [1.165, 1.54) is 82.6 Å². The van der Waals surface area contributed by atoms with Crippen LogP contribution in [0.4, 0.5) is 0 Å². The van der Waals surface area contributed by atoms with Crippen LogP contribution >= 0.6 is 0 Å². The molecule has 4 aromatic carbocycles. The molecule has 0 saturated heterocycles. The average molecular weight is 640 g/mol. The molecule has 4 heterocycles. The Morgan fingerprint density at radius 3 is 1.37 bits per heavy atom. The fourth-order valence-corrected chi connectivity index (χ4v) is 12.9. The highest BCUT2D eigenvalue weighted by Crippen LogP contribution is 2.63. The molecule has 5 aliphatic rings. The van der Waals surface area contributed by atoms with Crippen molar-refractivity contribution in [3.05, 3.63) is 87.0 Å². The van der Waals surface area contributed by atoms with Crippen molar-refractivity contribution in [1.29, 1.82) is 10.5 Å². The molecule has 0 amide bonds. The summed E-state index contributed by atoms with van der Waals surface area (Å²) in [6, 6.07) is 21.6. The van der Waals surface area contributed by atoms with E-state index in [0.717, 1.165) is 49.7 Å². The molecule has 0 spiro atoms. The van der Waals surface area contributed by atoms with Gasteiger partial charge in [-0.1, -0.05) is 85.7 Å². The monoisotopic (exact) mass is 639 g/mol. The van der Waals surface area contributed by atoms with Gasteiger partial charge in [-0.05, 0) is 129 Å². The van der Waals surface area contributed by atoms with Crippen molar-refractivity contribution >= 4 is 38.1 Å². The zero-order valence-corrected chi connectivity index (χ0v) is 30.3. The first-order chi connectivity index (χ1) is 23.2. The van der Waals surface area contributed by atoms with E-state index in [-0.39, 0.29) is 21.7 Å². The summed E-state index contributed by atoms with van der Waals surface area (Å²) in [5.41, 5.74) is 15.8. The SMILES string of the molecule is CC1(C)CC(C)(C)c2c1c(C#N)c1c3c2c2cc(-c4ccccc4)cc4c5c6c(c(C#N)c(c5n3c24)C2CCC1CC2)C(C)(C)CC6(C)C. The summed E-state index contributed by atoms with van der Waals surface area (Å²) in [4.78, 5) is 0. The summed E-state index contributed by atoms with van der Waals surface area (Å²) < 4.78 is 2.64. The van der Waals surface area contributed by atoms with Gasteiger partial charge in [0.2, 0.25) is 0 Å². The van der Waals surface area contributed by atoms with Crippen LogP contribution < -0.4 is 0 Å². The fourth-order valence-electron chi connectivity index (χ4n) is 12.9. The second-order valence-electron chi connectivity index (χ2n) is 18.8. The average Bonchev–Trinajstić information content (AvgIpc) is 3.70. The van der Waals surface area contributed by atoms with E-state index in [0.29, 0.717) is 11.8 Å². The molecule has 0 N–H and O–H groups in total. The van der Waals surface area contributed by atoms with Gasteiger partial charge in [-0.3, -0.25) is 0 Å². The molecule has 6 aromatic rings. The zero-order chi connectivity index (χ0) is 34.2. The summed E-state index contributed by atoms with van der Waals surface area (Å²) in [7, 11) is 0. The predicted octanol–water partition coefficient (Wildman–Crippen LogP) is 11.9. The summed E-state index contributed by atoms with van der Waals surface area (Å²) in [6.45, 7) is 19.1. The summed E-state index contributed by atoms with van der Waals surface area (Å²) >= 11 is 0. The molecular weight excluding hydrogens is 595 g/mol. The summed E-state index contributed by atoms with van der Waals surface area (Å²) in [5, 5.41) is 27.9. The molecule has 244 valence electrons. The lowest BCUT2D eigenvalue weighted by Crippen LogP contribution is -2.20. The smallest absolute Gasteiger partial charge is 0.0998 e. The van der Waals surface area contributed by atoms with Gasteiger partial charge in [-0.15, -0.1) is 0 Å². The van der Waals surface area contributed by atoms with Gasteiger partial charge in [-0.25, -0.2) is 0 Å². The van der Waals surface area contributed by atoms with Gasteiger partial charge in [0.05, 0.1) is 39.8 Å². The van der Waals surface area contributed by atoms with Crippen LogP contribution in [0.25, 0.3) is 49.2 Å². The van der Waals surface area contributed by atoms with E-state index in [2.05, 4.69) is 114 Å². The van der Waals surface area contributed by atoms with Gasteiger partial charge in [0.15, 0.2) is 0 Å². The Morgan fingerprint density at radius 1 is 0.551 bits per heavy atom. The third kappa shape index (κ3) is 3.38. The molecule has 2 aromatic heterocycles. The summed E-state index contributed by atoms with van der Waals surface area (Å²) in [6.07, 6.45) is 6.28. The molecule has 0 radical (unpaired) electrons. The van der Waals surface area contributed by atoms with Crippen LogP contribution in [0.2, 0.25) is 0 Å². The van der Waals surface area contributed by atoms with Crippen LogP contribution in [0.3, 0.4) is 0 Å². The number of hydrogen-bond donors (Lipinski definition) is 0. The van der Waals surface area contributed by atoms with E-state index in [1.807, 2.05) is 0 Å². The van der Waals surface area contributed by atoms with Crippen molar-refractivity contribution in [2.75, 3.05) is 0 Å². The minimum Gasteiger partial charge on any atom is -0.307 e. The normalized spacial score (nSPS) is 23.6. The van der Waals surface area contributed by atoms with E-state index in [4.69, 9.17) is 0 Å². The topological polar surface area (TPSA) is 52.0 Å². The Labute approximate surface area is 289 Å². The Kier molecular flexibility index (Phi) is 5.35. The van der Waals surface area contributed by atoms with Crippen molar-refractivity contribution in [2.24, 2.45) is 0 Å². The van der Waals surface area contributed by atoms with Crippen molar-refractivity contribution in [2.45, 2.75) is 127 Å². The predicted molar refractivity (Wildman–Crippen MR) is 201 cm³/mol. The number of benzene rings is 4. The van der Waals surface area contributed by atoms with E-state index in [9.17, 15) is 10.5 Å². The second kappa shape index (κ2) is 8.87. The Hall–Kier alpha value is -4.34. The molecule has 2 aliphatic heterocycles. The van der Waals surface area contributed by atoms with Gasteiger partial charge in [0.25, 0.3) is 0 Å². The molecule has 11 rings (SSSR count). The maximum absolute atomic E-state index is 11.3. The third-order valence-corrected chi connectivity index (χ3v) is 13.7. The van der Waals surface area contributed by atoms with Crippen LogP contribution in [0, 0.1) is 22.7 Å². The molecular formula is C46H45N3. The Morgan fingerprint density at radius 2 is 0.959 bits per heavy atom. The first kappa shape index (κ1) is 29.6. The first-order valence-corrected chi connectivity index (χ1v) is 18.6. The van der Waals surface area contributed by atoms with Crippen molar-refractivity contribution in [3.63, 3.8) is 0 Å². The highest BCUT2D eigenvalue weighted by Gasteiger charge is 2.51. The van der Waals surface area contributed by atoms with Crippen LogP contribution in [-0.4, -0.2) is 4.40 Å². The minimum atomic E-state index is -0.101. The number of nitrogens with zero attached hydrogens (tertiary/aromatic N) is 3. The lowest BCUT2D eigenvalue weighted by atomic mass is 9.71. The number of nitriles is 2. The van der Waals surface area contributed by atoms with E-state index < -0.39 is 0 Å². The van der Waals surface area contributed by atoms with Crippen LogP contribution in [0.5, 0.6) is 0 Å². The lowest BCUT2D eigenvalue weighted by molar-refractivity contribution is 0.394. The quantitative estimate of drug-likeness (QED) is 0.180. The zero-order valence-electron chi connectivity index (χ0n) is 30.3. The molecule has 1 fully saturated rings. The Balaban J connectivity index is 1.60. The van der Waals surface area contributed by atoms with Crippen LogP contribution in [0.15, 0.2) is 42.5 Å².